The number of hydrogen-bond donors (Lipinski definition) is 8. The molecular formula is C23H33F2N7O7. The molecule has 16 heteroatoms. The number of amides is 3. The highest BCUT2D eigenvalue weighted by Gasteiger charge is 2.34. The summed E-state index contributed by atoms with van der Waals surface area (Å²) in [6.45, 7) is -0.741. The molecule has 3 amide bonds. The van der Waals surface area contributed by atoms with Gasteiger partial charge in [-0.25, -0.2) is 13.6 Å². The number of guanidine groups is 1. The number of rotatable bonds is 17. The van der Waals surface area contributed by atoms with Crippen LogP contribution in [0.4, 0.5) is 8.78 Å². The van der Waals surface area contributed by atoms with E-state index in [-0.39, 0.29) is 25.3 Å². The molecular weight excluding hydrogens is 524 g/mol. The summed E-state index contributed by atoms with van der Waals surface area (Å²) in [7, 11) is 0. The van der Waals surface area contributed by atoms with Crippen LogP contribution in [0.2, 0.25) is 0 Å². The first-order valence-corrected chi connectivity index (χ1v) is 11.8. The normalized spacial score (nSPS) is 14.5. The molecule has 0 aliphatic heterocycles. The van der Waals surface area contributed by atoms with E-state index in [0.717, 1.165) is 0 Å². The van der Waals surface area contributed by atoms with Gasteiger partial charge in [0.05, 0.1) is 19.0 Å². The maximum atomic E-state index is 14.4. The van der Waals surface area contributed by atoms with Gasteiger partial charge in [-0.15, -0.1) is 0 Å². The van der Waals surface area contributed by atoms with Crippen LogP contribution in [-0.4, -0.2) is 89.4 Å². The highest BCUT2D eigenvalue weighted by atomic mass is 19.2. The first kappa shape index (κ1) is 32.7. The number of nitrogens with one attached hydrogen (secondary N) is 3. The number of carbonyl (C=O) groups is 5. The Kier molecular flexibility index (Phi) is 13.8. The molecule has 11 N–H and O–H groups in total. The van der Waals surface area contributed by atoms with E-state index in [1.165, 1.54) is 0 Å². The lowest BCUT2D eigenvalue weighted by molar-refractivity contribution is -0.143. The molecule has 1 rings (SSSR count). The van der Waals surface area contributed by atoms with Gasteiger partial charge in [-0.1, -0.05) is 30.3 Å². The summed E-state index contributed by atoms with van der Waals surface area (Å²) in [6.07, 6.45) is -6.20. The fraction of sp³-hybridized carbons (Fsp3) is 0.478. The van der Waals surface area contributed by atoms with Gasteiger partial charge in [-0.2, -0.15) is 0 Å². The molecule has 0 spiro atoms. The molecule has 0 radical (unpaired) electrons. The Labute approximate surface area is 222 Å². The van der Waals surface area contributed by atoms with Crippen molar-refractivity contribution in [3.8, 4) is 0 Å². The van der Waals surface area contributed by atoms with E-state index < -0.39 is 73.1 Å². The first-order chi connectivity index (χ1) is 18.3. The summed E-state index contributed by atoms with van der Waals surface area (Å²) in [6, 6.07) is 3.69. The van der Waals surface area contributed by atoms with Crippen molar-refractivity contribution in [3.05, 3.63) is 35.9 Å². The maximum absolute atomic E-state index is 14.4. The van der Waals surface area contributed by atoms with Crippen molar-refractivity contribution in [3.63, 3.8) is 0 Å². The van der Waals surface area contributed by atoms with Crippen LogP contribution in [0.15, 0.2) is 35.3 Å². The number of aliphatic carboxylic acids is 2. The van der Waals surface area contributed by atoms with Crippen molar-refractivity contribution < 1.29 is 43.0 Å². The zero-order chi connectivity index (χ0) is 29.5. The zero-order valence-corrected chi connectivity index (χ0v) is 20.9. The summed E-state index contributed by atoms with van der Waals surface area (Å²) in [5.41, 5.74) is 16.5. The number of alkyl halides is 2. The second kappa shape index (κ2) is 16.5. The van der Waals surface area contributed by atoms with Gasteiger partial charge >= 0.3 is 11.9 Å². The van der Waals surface area contributed by atoms with E-state index in [1.54, 1.807) is 35.6 Å². The van der Waals surface area contributed by atoms with E-state index in [2.05, 4.69) is 15.6 Å². The Morgan fingerprint density at radius 3 is 2.10 bits per heavy atom. The van der Waals surface area contributed by atoms with Gasteiger partial charge in [0.15, 0.2) is 12.1 Å². The quantitative estimate of drug-likeness (QED) is 0.0590. The van der Waals surface area contributed by atoms with Crippen molar-refractivity contribution >= 4 is 35.6 Å². The van der Waals surface area contributed by atoms with Gasteiger partial charge in [0.1, 0.15) is 12.1 Å². The van der Waals surface area contributed by atoms with Crippen molar-refractivity contribution in [1.29, 1.82) is 0 Å². The summed E-state index contributed by atoms with van der Waals surface area (Å²) in [5, 5.41) is 24.4. The van der Waals surface area contributed by atoms with Crippen LogP contribution in [0.5, 0.6) is 0 Å². The van der Waals surface area contributed by atoms with E-state index in [9.17, 15) is 37.9 Å². The predicted octanol–water partition coefficient (Wildman–Crippen LogP) is -2.07. The average molecular weight is 558 g/mol. The number of nitrogens with two attached hydrogens (primary N) is 3. The lowest BCUT2D eigenvalue weighted by Crippen LogP contribution is -2.55. The highest BCUT2D eigenvalue weighted by Crippen LogP contribution is 2.08. The van der Waals surface area contributed by atoms with Crippen LogP contribution >= 0.6 is 0 Å². The molecule has 0 aromatic heterocycles. The second-order valence-electron chi connectivity index (χ2n) is 8.47. The Balaban J connectivity index is 2.71. The van der Waals surface area contributed by atoms with Gasteiger partial charge in [0.25, 0.3) is 5.91 Å². The lowest BCUT2D eigenvalue weighted by Gasteiger charge is -2.22. The molecule has 1 aromatic rings. The van der Waals surface area contributed by atoms with Crippen LogP contribution < -0.4 is 33.2 Å². The van der Waals surface area contributed by atoms with E-state index >= 15 is 0 Å². The molecule has 39 heavy (non-hydrogen) atoms. The standard InChI is InChI=1S/C23H33F2N7O7/c24-13(11-30-19(35)14(26)7-4-8-29-23(27)28)18(25)21(37)31-15(10-17(33)34)20(36)32-16(22(38)39)9-12-5-2-1-3-6-12/h1-3,5-6,13-16,18H,4,7-11,26H2,(H,30,35)(H,31,37)(H,32,36)(H,33,34)(H,38,39)(H4,27,28,29)/t13-,14+,15+,16+,18-/m1/s1. The molecule has 1 aromatic carbocycles. The zero-order valence-electron chi connectivity index (χ0n) is 20.9. The summed E-state index contributed by atoms with van der Waals surface area (Å²) in [4.78, 5) is 63.3. The largest absolute Gasteiger partial charge is 0.481 e. The molecule has 5 atom stereocenters. The van der Waals surface area contributed by atoms with Gasteiger partial charge < -0.3 is 43.4 Å². The molecule has 0 heterocycles. The fourth-order valence-electron chi connectivity index (χ4n) is 3.20. The predicted molar refractivity (Wildman–Crippen MR) is 135 cm³/mol. The fourth-order valence-corrected chi connectivity index (χ4v) is 3.20. The van der Waals surface area contributed by atoms with E-state index in [0.29, 0.717) is 12.0 Å². The third-order valence-electron chi connectivity index (χ3n) is 5.25. The van der Waals surface area contributed by atoms with Crippen molar-refractivity contribution in [2.45, 2.75) is 56.2 Å². The van der Waals surface area contributed by atoms with Crippen LogP contribution in [0, 0.1) is 0 Å². The highest BCUT2D eigenvalue weighted by molar-refractivity contribution is 5.94. The topological polar surface area (TPSA) is 252 Å². The molecule has 14 nitrogen and oxygen atoms in total. The van der Waals surface area contributed by atoms with Crippen molar-refractivity contribution in [2.75, 3.05) is 13.1 Å². The van der Waals surface area contributed by atoms with Crippen LogP contribution in [-0.2, 0) is 30.4 Å². The van der Waals surface area contributed by atoms with Crippen LogP contribution in [0.25, 0.3) is 0 Å². The monoisotopic (exact) mass is 557 g/mol. The number of benzene rings is 1. The molecule has 0 bridgehead atoms. The van der Waals surface area contributed by atoms with Crippen molar-refractivity contribution in [1.82, 2.24) is 16.0 Å². The smallest absolute Gasteiger partial charge is 0.326 e. The first-order valence-electron chi connectivity index (χ1n) is 11.8. The number of carboxylic acid groups (broad SMARTS) is 2. The summed E-state index contributed by atoms with van der Waals surface area (Å²) in [5.74, 6) is -6.87. The molecule has 0 saturated heterocycles. The second-order valence-corrected chi connectivity index (χ2v) is 8.47. The SMILES string of the molecule is NC(N)=NCCC[C@H](N)C(=O)NC[C@@H](F)[C@@H](F)C(=O)N[C@@H](CC(=O)O)C(=O)N[C@@H](Cc1ccccc1)C(=O)O. The molecule has 0 fully saturated rings. The Morgan fingerprint density at radius 2 is 1.54 bits per heavy atom. The molecule has 216 valence electrons. The molecule has 0 unspecified atom stereocenters. The summed E-state index contributed by atoms with van der Waals surface area (Å²) < 4.78 is 28.7. The van der Waals surface area contributed by atoms with E-state index in [1.807, 2.05) is 0 Å². The lowest BCUT2D eigenvalue weighted by atomic mass is 10.0. The number of hydrogen-bond acceptors (Lipinski definition) is 7. The molecule has 0 aliphatic carbocycles. The molecule has 0 aliphatic rings. The van der Waals surface area contributed by atoms with Crippen LogP contribution in [0.1, 0.15) is 24.8 Å². The Hall–Kier alpha value is -4.34. The minimum atomic E-state index is -2.90. The Bertz CT molecular complexity index is 1030. The molecule has 0 saturated carbocycles. The van der Waals surface area contributed by atoms with E-state index in [4.69, 9.17) is 22.3 Å². The minimum Gasteiger partial charge on any atom is -0.481 e. The van der Waals surface area contributed by atoms with Gasteiger partial charge in [0, 0.05) is 13.0 Å². The Morgan fingerprint density at radius 1 is 0.923 bits per heavy atom. The third kappa shape index (κ3) is 12.6. The number of nitrogens with zero attached hydrogens (tertiary/aromatic N) is 1. The summed E-state index contributed by atoms with van der Waals surface area (Å²) >= 11 is 0. The third-order valence-corrected chi connectivity index (χ3v) is 5.25. The van der Waals surface area contributed by atoms with Gasteiger partial charge in [-0.05, 0) is 18.4 Å². The maximum Gasteiger partial charge on any atom is 0.326 e. The van der Waals surface area contributed by atoms with Crippen LogP contribution in [0.3, 0.4) is 0 Å². The van der Waals surface area contributed by atoms with Gasteiger partial charge in [-0.3, -0.25) is 24.2 Å². The van der Waals surface area contributed by atoms with Crippen molar-refractivity contribution in [2.24, 2.45) is 22.2 Å². The number of halogens is 2. The number of carbonyl (C=O) groups excluding carboxylic acids is 3. The van der Waals surface area contributed by atoms with Gasteiger partial charge in [0.2, 0.25) is 18.0 Å². The average Bonchev–Trinajstić information content (AvgIpc) is 2.88. The minimum absolute atomic E-state index is 0.132. The number of carboxylic acids is 2. The number of aliphatic imine (C=N–C) groups is 1.